The number of nitro benzene ring substituents is 1. The Labute approximate surface area is 196 Å². The molecule has 1 fully saturated rings. The van der Waals surface area contributed by atoms with Crippen molar-refractivity contribution < 1.29 is 14.8 Å². The number of carbonyl (C=O) groups is 1. The van der Waals surface area contributed by atoms with Crippen LogP contribution >= 0.6 is 11.6 Å². The molecule has 1 heterocycles. The molecule has 0 unspecified atom stereocenters. The van der Waals surface area contributed by atoms with Gasteiger partial charge in [-0.15, -0.1) is 0 Å². The first-order valence-corrected chi connectivity index (χ1v) is 11.2. The van der Waals surface area contributed by atoms with Crippen LogP contribution < -0.4 is 10.2 Å². The van der Waals surface area contributed by atoms with E-state index in [0.29, 0.717) is 27.5 Å². The Bertz CT molecular complexity index is 1160. The van der Waals surface area contributed by atoms with Crippen molar-refractivity contribution >= 4 is 34.6 Å². The van der Waals surface area contributed by atoms with E-state index in [-0.39, 0.29) is 11.3 Å². The minimum absolute atomic E-state index is 0.151. The van der Waals surface area contributed by atoms with Crippen molar-refractivity contribution in [3.05, 3.63) is 98.6 Å². The molecule has 33 heavy (non-hydrogen) atoms. The summed E-state index contributed by atoms with van der Waals surface area (Å²) in [4.78, 5) is 26.3. The molecule has 0 aliphatic carbocycles. The highest BCUT2D eigenvalue weighted by Crippen LogP contribution is 2.33. The summed E-state index contributed by atoms with van der Waals surface area (Å²) in [5, 5.41) is 25.6. The van der Waals surface area contributed by atoms with E-state index >= 15 is 0 Å². The summed E-state index contributed by atoms with van der Waals surface area (Å²) in [5.41, 5.74) is 2.21. The number of piperidine rings is 1. The van der Waals surface area contributed by atoms with Crippen LogP contribution in [0.25, 0.3) is 0 Å². The number of halogens is 1. The van der Waals surface area contributed by atoms with Crippen molar-refractivity contribution in [1.29, 1.82) is 0 Å². The van der Waals surface area contributed by atoms with Gasteiger partial charge in [0, 0.05) is 41.5 Å². The van der Waals surface area contributed by atoms with Gasteiger partial charge in [0.05, 0.1) is 16.2 Å². The number of non-ortho nitro benzene ring substituents is 1. The maximum absolute atomic E-state index is 13.4. The van der Waals surface area contributed by atoms with Gasteiger partial charge in [-0.3, -0.25) is 14.9 Å². The first-order chi connectivity index (χ1) is 15.9. The fraction of sp³-hybridized carbons (Fsp3) is 0.240. The van der Waals surface area contributed by atoms with Crippen molar-refractivity contribution in [3.8, 4) is 0 Å². The molecule has 0 radical (unpaired) electrons. The van der Waals surface area contributed by atoms with E-state index in [2.05, 4.69) is 10.2 Å². The van der Waals surface area contributed by atoms with Crippen LogP contribution in [-0.2, 0) is 0 Å². The SMILES string of the molecule is O=C(Nc1ccc(Cl)cc1[C@@H](O)c1ccccc1)c1cc([N+](=O)[O-])ccc1N1CCCCC1. The van der Waals surface area contributed by atoms with E-state index < -0.39 is 16.9 Å². The maximum Gasteiger partial charge on any atom is 0.270 e. The average molecular weight is 466 g/mol. The molecule has 2 N–H and O–H groups in total. The molecular formula is C25H24ClN3O4. The molecule has 1 amide bonds. The zero-order chi connectivity index (χ0) is 23.4. The monoisotopic (exact) mass is 465 g/mol. The molecule has 170 valence electrons. The highest BCUT2D eigenvalue weighted by molar-refractivity contribution is 6.30. The Hall–Kier alpha value is -3.42. The Morgan fingerprint density at radius 1 is 1.03 bits per heavy atom. The normalized spacial score (nSPS) is 14.5. The first-order valence-electron chi connectivity index (χ1n) is 10.8. The number of anilines is 2. The van der Waals surface area contributed by atoms with Gasteiger partial charge < -0.3 is 15.3 Å². The Morgan fingerprint density at radius 3 is 2.45 bits per heavy atom. The van der Waals surface area contributed by atoms with Gasteiger partial charge in [0.15, 0.2) is 0 Å². The summed E-state index contributed by atoms with van der Waals surface area (Å²) in [6, 6.07) is 18.3. The molecule has 1 atom stereocenters. The van der Waals surface area contributed by atoms with Crippen molar-refractivity contribution in [2.24, 2.45) is 0 Å². The van der Waals surface area contributed by atoms with Gasteiger partial charge in [-0.1, -0.05) is 41.9 Å². The highest BCUT2D eigenvalue weighted by Gasteiger charge is 2.24. The van der Waals surface area contributed by atoms with E-state index in [1.54, 1.807) is 36.4 Å². The molecule has 0 aromatic heterocycles. The summed E-state index contributed by atoms with van der Waals surface area (Å²) < 4.78 is 0. The molecule has 0 saturated carbocycles. The van der Waals surface area contributed by atoms with Crippen molar-refractivity contribution in [2.75, 3.05) is 23.3 Å². The summed E-state index contributed by atoms with van der Waals surface area (Å²) >= 11 is 6.18. The third-order valence-electron chi connectivity index (χ3n) is 5.80. The lowest BCUT2D eigenvalue weighted by Crippen LogP contribution is -2.31. The van der Waals surface area contributed by atoms with Gasteiger partial charge in [0.2, 0.25) is 0 Å². The number of hydrogen-bond donors (Lipinski definition) is 2. The number of nitrogens with one attached hydrogen (secondary N) is 1. The van der Waals surface area contributed by atoms with E-state index in [9.17, 15) is 20.0 Å². The Balaban J connectivity index is 1.70. The lowest BCUT2D eigenvalue weighted by molar-refractivity contribution is -0.384. The largest absolute Gasteiger partial charge is 0.384 e. The van der Waals surface area contributed by atoms with Crippen LogP contribution in [0.3, 0.4) is 0 Å². The van der Waals surface area contributed by atoms with Crippen LogP contribution in [0.2, 0.25) is 5.02 Å². The van der Waals surface area contributed by atoms with E-state index in [1.165, 1.54) is 12.1 Å². The maximum atomic E-state index is 13.4. The van der Waals surface area contributed by atoms with Crippen molar-refractivity contribution in [3.63, 3.8) is 0 Å². The standard InChI is InChI=1S/C25H24ClN3O4/c26-18-9-11-22(20(15-18)24(30)17-7-3-1-4-8-17)27-25(31)21-16-19(29(32)33)10-12-23(21)28-13-5-2-6-14-28/h1,3-4,7-12,15-16,24,30H,2,5-6,13-14H2,(H,27,31)/t24-/m0/s1. The molecule has 8 heteroatoms. The molecule has 0 spiro atoms. The summed E-state index contributed by atoms with van der Waals surface area (Å²) in [6.45, 7) is 1.58. The zero-order valence-electron chi connectivity index (χ0n) is 17.9. The van der Waals surface area contributed by atoms with Crippen LogP contribution in [-0.4, -0.2) is 29.0 Å². The number of nitrogens with zero attached hydrogens (tertiary/aromatic N) is 2. The van der Waals surface area contributed by atoms with Gasteiger partial charge >= 0.3 is 0 Å². The minimum atomic E-state index is -1.01. The van der Waals surface area contributed by atoms with E-state index in [4.69, 9.17) is 11.6 Å². The quantitative estimate of drug-likeness (QED) is 0.366. The number of amides is 1. The highest BCUT2D eigenvalue weighted by atomic mass is 35.5. The summed E-state index contributed by atoms with van der Waals surface area (Å²) in [7, 11) is 0. The van der Waals surface area contributed by atoms with Gasteiger partial charge in [-0.05, 0) is 49.1 Å². The van der Waals surface area contributed by atoms with E-state index in [0.717, 1.165) is 32.4 Å². The number of aliphatic hydroxyl groups excluding tert-OH is 1. The summed E-state index contributed by atoms with van der Waals surface area (Å²) in [5.74, 6) is -0.483. The second-order valence-corrected chi connectivity index (χ2v) is 8.44. The first kappa shape index (κ1) is 22.8. The van der Waals surface area contributed by atoms with Gasteiger partial charge in [-0.25, -0.2) is 0 Å². The second-order valence-electron chi connectivity index (χ2n) is 8.01. The number of aliphatic hydroxyl groups is 1. The van der Waals surface area contributed by atoms with Crippen LogP contribution in [0.4, 0.5) is 17.1 Å². The Morgan fingerprint density at radius 2 is 1.76 bits per heavy atom. The third-order valence-corrected chi connectivity index (χ3v) is 6.04. The number of rotatable bonds is 6. The van der Waals surface area contributed by atoms with Crippen LogP contribution in [0.5, 0.6) is 0 Å². The molecule has 7 nitrogen and oxygen atoms in total. The molecule has 4 rings (SSSR count). The number of carbonyl (C=O) groups excluding carboxylic acids is 1. The predicted octanol–water partition coefficient (Wildman–Crippen LogP) is 5.57. The zero-order valence-corrected chi connectivity index (χ0v) is 18.7. The van der Waals surface area contributed by atoms with Crippen molar-refractivity contribution in [1.82, 2.24) is 0 Å². The Kier molecular flexibility index (Phi) is 6.91. The smallest absolute Gasteiger partial charge is 0.270 e. The number of hydrogen-bond acceptors (Lipinski definition) is 5. The average Bonchev–Trinajstić information content (AvgIpc) is 2.85. The summed E-state index contributed by atoms with van der Waals surface area (Å²) in [6.07, 6.45) is 2.12. The lowest BCUT2D eigenvalue weighted by atomic mass is 9.99. The molecule has 1 aliphatic heterocycles. The van der Waals surface area contributed by atoms with Crippen LogP contribution in [0.15, 0.2) is 66.7 Å². The van der Waals surface area contributed by atoms with Crippen LogP contribution in [0, 0.1) is 10.1 Å². The van der Waals surface area contributed by atoms with E-state index in [1.807, 2.05) is 18.2 Å². The van der Waals surface area contributed by atoms with Crippen LogP contribution in [0.1, 0.15) is 46.9 Å². The predicted molar refractivity (Wildman–Crippen MR) is 129 cm³/mol. The second kappa shape index (κ2) is 10.0. The fourth-order valence-corrected chi connectivity index (χ4v) is 4.29. The molecule has 3 aromatic carbocycles. The number of benzene rings is 3. The van der Waals surface area contributed by atoms with Gasteiger partial charge in [0.1, 0.15) is 6.10 Å². The molecule has 3 aromatic rings. The van der Waals surface area contributed by atoms with Gasteiger partial charge in [-0.2, -0.15) is 0 Å². The molecule has 1 saturated heterocycles. The topological polar surface area (TPSA) is 95.7 Å². The molecular weight excluding hydrogens is 442 g/mol. The molecule has 1 aliphatic rings. The molecule has 0 bridgehead atoms. The number of nitro groups is 1. The van der Waals surface area contributed by atoms with Crippen molar-refractivity contribution in [2.45, 2.75) is 25.4 Å². The fourth-order valence-electron chi connectivity index (χ4n) is 4.11. The van der Waals surface area contributed by atoms with Gasteiger partial charge in [0.25, 0.3) is 11.6 Å². The third kappa shape index (κ3) is 5.16. The minimum Gasteiger partial charge on any atom is -0.384 e. The lowest BCUT2D eigenvalue weighted by Gasteiger charge is -2.30.